The van der Waals surface area contributed by atoms with Crippen molar-refractivity contribution in [3.05, 3.63) is 29.8 Å². The second-order valence-corrected chi connectivity index (χ2v) is 7.10. The third-order valence-corrected chi connectivity index (χ3v) is 4.75. The highest BCUT2D eigenvalue weighted by atomic mass is 17.0. The summed E-state index contributed by atoms with van der Waals surface area (Å²) in [5.74, 6) is -3.62. The molecule has 0 saturated carbocycles. The number of aryl methyl sites for hydroxylation is 1. The molecule has 0 aliphatic rings. The Bertz CT molecular complexity index is 547. The molecule has 0 aliphatic heterocycles. The van der Waals surface area contributed by atoms with Crippen molar-refractivity contribution < 1.29 is 28.8 Å². The van der Waals surface area contributed by atoms with Gasteiger partial charge in [0.1, 0.15) is 5.75 Å². The molecular formula is C24H42O6. The van der Waals surface area contributed by atoms with E-state index in [2.05, 4.69) is 6.92 Å². The molecular weight excluding hydrogens is 384 g/mol. The molecule has 0 radical (unpaired) electrons. The van der Waals surface area contributed by atoms with Crippen LogP contribution in [0.2, 0.25) is 0 Å². The Balaban J connectivity index is 3.05. The Kier molecular flexibility index (Phi) is 13.2. The van der Waals surface area contributed by atoms with Crippen molar-refractivity contribution in [2.45, 2.75) is 91.5 Å². The van der Waals surface area contributed by atoms with E-state index in [1.165, 1.54) is 32.1 Å². The Morgan fingerprint density at radius 2 is 1.23 bits per heavy atom. The van der Waals surface area contributed by atoms with E-state index >= 15 is 0 Å². The lowest BCUT2D eigenvalue weighted by Gasteiger charge is -2.42. The van der Waals surface area contributed by atoms with Gasteiger partial charge in [-0.05, 0) is 52.2 Å². The number of hydrogen-bond donors (Lipinski definition) is 1. The van der Waals surface area contributed by atoms with Crippen LogP contribution in [-0.4, -0.2) is 43.5 Å². The molecule has 1 unspecified atom stereocenters. The van der Waals surface area contributed by atoms with Crippen molar-refractivity contribution in [2.24, 2.45) is 0 Å². The summed E-state index contributed by atoms with van der Waals surface area (Å²) in [5.41, 5.74) is 1.00. The Morgan fingerprint density at radius 3 is 1.80 bits per heavy atom. The van der Waals surface area contributed by atoms with Crippen molar-refractivity contribution in [1.29, 1.82) is 0 Å². The van der Waals surface area contributed by atoms with E-state index in [0.29, 0.717) is 5.75 Å². The molecule has 1 aromatic carbocycles. The minimum Gasteiger partial charge on any atom is -0.433 e. The smallest absolute Gasteiger partial charge is 0.412 e. The standard InChI is InChI=1S/C24H42O6/c1-6-11-12-13-14-15-18-21-19-16-17-20-22(21)30-23(25,26-7-2)24(27-8-3,28-9-4)29-10-5/h16-17,19-20,25H,6-15,18H2,1-5H3. The van der Waals surface area contributed by atoms with Crippen LogP contribution in [0.1, 0.15) is 78.7 Å². The number of aliphatic hydroxyl groups is 1. The van der Waals surface area contributed by atoms with Gasteiger partial charge in [0.2, 0.25) is 0 Å². The topological polar surface area (TPSA) is 66.4 Å². The molecule has 0 fully saturated rings. The summed E-state index contributed by atoms with van der Waals surface area (Å²) in [6, 6.07) is 7.68. The van der Waals surface area contributed by atoms with Crippen molar-refractivity contribution >= 4 is 0 Å². The lowest BCUT2D eigenvalue weighted by atomic mass is 10.0. The highest BCUT2D eigenvalue weighted by Crippen LogP contribution is 2.35. The van der Waals surface area contributed by atoms with Gasteiger partial charge < -0.3 is 28.8 Å². The summed E-state index contributed by atoms with van der Waals surface area (Å²) >= 11 is 0. The first-order chi connectivity index (χ1) is 14.5. The summed E-state index contributed by atoms with van der Waals surface area (Å²) in [6.45, 7) is 10.3. The zero-order valence-electron chi connectivity index (χ0n) is 19.6. The number of para-hydroxylation sites is 1. The van der Waals surface area contributed by atoms with Crippen LogP contribution in [0, 0.1) is 0 Å². The predicted octanol–water partition coefficient (Wildman–Crippen LogP) is 5.41. The largest absolute Gasteiger partial charge is 0.433 e. The Hall–Kier alpha value is -1.18. The molecule has 1 N–H and O–H groups in total. The maximum absolute atomic E-state index is 11.4. The summed E-state index contributed by atoms with van der Waals surface area (Å²) < 4.78 is 28.9. The number of hydrogen-bond acceptors (Lipinski definition) is 6. The highest BCUT2D eigenvalue weighted by molar-refractivity contribution is 5.33. The summed E-state index contributed by atoms with van der Waals surface area (Å²) in [7, 11) is 0. The molecule has 0 saturated heterocycles. The third-order valence-electron chi connectivity index (χ3n) is 4.75. The van der Waals surface area contributed by atoms with E-state index in [4.69, 9.17) is 23.7 Å². The lowest BCUT2D eigenvalue weighted by Crippen LogP contribution is -2.64. The third kappa shape index (κ3) is 7.82. The van der Waals surface area contributed by atoms with Crippen molar-refractivity contribution in [3.63, 3.8) is 0 Å². The lowest BCUT2D eigenvalue weighted by molar-refractivity contribution is -0.535. The second-order valence-electron chi connectivity index (χ2n) is 7.10. The minimum atomic E-state index is -2.26. The van der Waals surface area contributed by atoms with Crippen LogP contribution >= 0.6 is 0 Å². The van der Waals surface area contributed by atoms with Crippen molar-refractivity contribution in [1.82, 2.24) is 0 Å². The van der Waals surface area contributed by atoms with Crippen molar-refractivity contribution in [3.8, 4) is 5.75 Å². The number of benzene rings is 1. The number of unbranched alkanes of at least 4 members (excludes halogenated alkanes) is 5. The van der Waals surface area contributed by atoms with Gasteiger partial charge in [-0.25, -0.2) is 0 Å². The average molecular weight is 427 g/mol. The molecule has 1 rings (SSSR count). The predicted molar refractivity (Wildman–Crippen MR) is 118 cm³/mol. The van der Waals surface area contributed by atoms with Gasteiger partial charge in [0.25, 0.3) is 0 Å². The van der Waals surface area contributed by atoms with Crippen LogP contribution in [0.5, 0.6) is 5.75 Å². The van der Waals surface area contributed by atoms with Gasteiger partial charge in [-0.2, -0.15) is 0 Å². The van der Waals surface area contributed by atoms with E-state index in [1.54, 1.807) is 27.7 Å². The molecule has 0 amide bonds. The van der Waals surface area contributed by atoms with Gasteiger partial charge in [-0.1, -0.05) is 57.2 Å². The minimum absolute atomic E-state index is 0.186. The first kappa shape index (κ1) is 26.9. The van der Waals surface area contributed by atoms with E-state index in [9.17, 15) is 5.11 Å². The molecule has 0 spiro atoms. The van der Waals surface area contributed by atoms with E-state index in [0.717, 1.165) is 18.4 Å². The molecule has 0 bridgehead atoms. The fourth-order valence-corrected chi connectivity index (χ4v) is 3.40. The normalized spacial score (nSPS) is 13.9. The van der Waals surface area contributed by atoms with Crippen molar-refractivity contribution in [2.75, 3.05) is 26.4 Å². The summed E-state index contributed by atoms with van der Waals surface area (Å²) in [5, 5.41) is 11.4. The van der Waals surface area contributed by atoms with E-state index in [1.807, 2.05) is 24.3 Å². The highest BCUT2D eigenvalue weighted by Gasteiger charge is 2.60. The molecule has 6 nitrogen and oxygen atoms in total. The van der Waals surface area contributed by atoms with Crippen LogP contribution in [0.4, 0.5) is 0 Å². The number of ether oxygens (including phenoxy) is 5. The fourth-order valence-electron chi connectivity index (χ4n) is 3.40. The first-order valence-corrected chi connectivity index (χ1v) is 11.6. The van der Waals surface area contributed by atoms with Crippen LogP contribution in [0.25, 0.3) is 0 Å². The summed E-state index contributed by atoms with van der Waals surface area (Å²) in [6.07, 6.45) is 8.13. The Labute approximate surface area is 182 Å². The maximum Gasteiger partial charge on any atom is 0.412 e. The van der Waals surface area contributed by atoms with Gasteiger partial charge in [-0.15, -0.1) is 0 Å². The molecule has 174 valence electrons. The Morgan fingerprint density at radius 1 is 0.700 bits per heavy atom. The van der Waals surface area contributed by atoms with Gasteiger partial charge in [-0.3, -0.25) is 0 Å². The molecule has 1 aromatic rings. The van der Waals surface area contributed by atoms with Crippen LogP contribution < -0.4 is 4.74 Å². The quantitative estimate of drug-likeness (QED) is 0.250. The van der Waals surface area contributed by atoms with Gasteiger partial charge in [0.15, 0.2) is 0 Å². The van der Waals surface area contributed by atoms with Crippen LogP contribution in [0.15, 0.2) is 24.3 Å². The number of rotatable bonds is 18. The maximum atomic E-state index is 11.4. The SMILES string of the molecule is CCCCCCCCc1ccccc1OC(O)(OCC)C(OCC)(OCC)OCC. The van der Waals surface area contributed by atoms with E-state index < -0.39 is 11.9 Å². The van der Waals surface area contributed by atoms with Crippen LogP contribution in [0.3, 0.4) is 0 Å². The average Bonchev–Trinajstić information content (AvgIpc) is 2.72. The molecule has 1 atom stereocenters. The molecule has 30 heavy (non-hydrogen) atoms. The van der Waals surface area contributed by atoms with Gasteiger partial charge >= 0.3 is 11.9 Å². The fraction of sp³-hybridized carbons (Fsp3) is 0.750. The monoisotopic (exact) mass is 426 g/mol. The molecule has 0 heterocycles. The van der Waals surface area contributed by atoms with E-state index in [-0.39, 0.29) is 26.4 Å². The molecule has 0 aromatic heterocycles. The second kappa shape index (κ2) is 14.8. The van der Waals surface area contributed by atoms with Gasteiger partial charge in [0.05, 0.1) is 6.61 Å². The first-order valence-electron chi connectivity index (χ1n) is 11.6. The molecule has 6 heteroatoms. The zero-order valence-corrected chi connectivity index (χ0v) is 19.6. The molecule has 0 aliphatic carbocycles. The zero-order chi connectivity index (χ0) is 22.3. The van der Waals surface area contributed by atoms with Crippen LogP contribution in [-0.2, 0) is 25.4 Å². The van der Waals surface area contributed by atoms with Gasteiger partial charge in [0, 0.05) is 19.8 Å². The summed E-state index contributed by atoms with van der Waals surface area (Å²) in [4.78, 5) is 0.